The Balaban J connectivity index is 1.99. The smallest absolute Gasteiger partial charge is 0.257 e. The first kappa shape index (κ1) is 17.6. The number of carbonyl (C=O) groups is 2. The molecule has 1 heterocycles. The van der Waals surface area contributed by atoms with Gasteiger partial charge >= 0.3 is 0 Å². The van der Waals surface area contributed by atoms with Crippen LogP contribution in [0.5, 0.6) is 0 Å². The summed E-state index contributed by atoms with van der Waals surface area (Å²) in [6.07, 6.45) is 3.60. The van der Waals surface area contributed by atoms with E-state index in [1.807, 2.05) is 31.2 Å². The van der Waals surface area contributed by atoms with Gasteiger partial charge in [0.1, 0.15) is 0 Å². The van der Waals surface area contributed by atoms with Crippen LogP contribution in [0.2, 0.25) is 0 Å². The lowest BCUT2D eigenvalue weighted by Crippen LogP contribution is -2.25. The Bertz CT molecular complexity index is 699. The summed E-state index contributed by atoms with van der Waals surface area (Å²) in [5.41, 5.74) is 2.49. The predicted octanol–water partition coefficient (Wildman–Crippen LogP) is 2.41. The van der Waals surface area contributed by atoms with Gasteiger partial charge in [-0.3, -0.25) is 14.6 Å². The Morgan fingerprint density at radius 2 is 1.75 bits per heavy atom. The molecule has 0 bridgehead atoms. The zero-order valence-corrected chi connectivity index (χ0v) is 13.8. The fourth-order valence-electron chi connectivity index (χ4n) is 2.05. The monoisotopic (exact) mass is 327 g/mol. The third-order valence-electron chi connectivity index (χ3n) is 3.38. The molecule has 0 fully saturated rings. The van der Waals surface area contributed by atoms with E-state index in [4.69, 9.17) is 4.74 Å². The molecule has 24 heavy (non-hydrogen) atoms. The first-order valence-corrected chi connectivity index (χ1v) is 7.70. The van der Waals surface area contributed by atoms with Crippen molar-refractivity contribution in [2.45, 2.75) is 13.3 Å². The fourth-order valence-corrected chi connectivity index (χ4v) is 2.05. The third-order valence-corrected chi connectivity index (χ3v) is 3.38. The molecular formula is C18H21N3O3. The van der Waals surface area contributed by atoms with Gasteiger partial charge in [0.2, 0.25) is 0 Å². The molecule has 0 aliphatic carbocycles. The van der Waals surface area contributed by atoms with E-state index in [1.165, 1.54) is 18.5 Å². The molecule has 2 rings (SSSR count). The summed E-state index contributed by atoms with van der Waals surface area (Å²) in [6, 6.07) is 9.01. The topological polar surface area (TPSA) is 80.3 Å². The number of methoxy groups -OCH3 is 1. The van der Waals surface area contributed by atoms with Crippen LogP contribution in [0.4, 0.5) is 5.69 Å². The molecule has 0 aliphatic rings. The molecule has 0 radical (unpaired) electrons. The highest BCUT2D eigenvalue weighted by Crippen LogP contribution is 2.11. The molecule has 2 aromatic rings. The van der Waals surface area contributed by atoms with E-state index in [0.717, 1.165) is 12.0 Å². The predicted molar refractivity (Wildman–Crippen MR) is 92.2 cm³/mol. The second kappa shape index (κ2) is 8.79. The minimum atomic E-state index is -0.305. The van der Waals surface area contributed by atoms with Gasteiger partial charge in [0.25, 0.3) is 11.8 Å². The Labute approximate surface area is 141 Å². The van der Waals surface area contributed by atoms with E-state index in [9.17, 15) is 9.59 Å². The van der Waals surface area contributed by atoms with E-state index in [1.54, 1.807) is 7.11 Å². The summed E-state index contributed by atoms with van der Waals surface area (Å²) in [5, 5.41) is 5.55. The highest BCUT2D eigenvalue weighted by atomic mass is 16.5. The zero-order chi connectivity index (χ0) is 17.4. The molecule has 0 spiro atoms. The number of hydrogen-bond donors (Lipinski definition) is 2. The SMILES string of the molecule is COCCCNC(=O)c1cncc(C(=O)Nc2ccc(C)cc2)c1. The third kappa shape index (κ3) is 5.17. The van der Waals surface area contributed by atoms with Crippen LogP contribution in [0.3, 0.4) is 0 Å². The van der Waals surface area contributed by atoms with Crippen molar-refractivity contribution in [1.82, 2.24) is 10.3 Å². The Hall–Kier alpha value is -2.73. The summed E-state index contributed by atoms with van der Waals surface area (Å²) in [5.74, 6) is -0.566. The number of pyridine rings is 1. The zero-order valence-electron chi connectivity index (χ0n) is 13.8. The van der Waals surface area contributed by atoms with Crippen molar-refractivity contribution in [3.63, 3.8) is 0 Å². The average molecular weight is 327 g/mol. The van der Waals surface area contributed by atoms with Gasteiger partial charge < -0.3 is 15.4 Å². The molecule has 0 saturated carbocycles. The molecule has 2 N–H and O–H groups in total. The van der Waals surface area contributed by atoms with Crippen LogP contribution in [0.25, 0.3) is 0 Å². The maximum absolute atomic E-state index is 12.3. The number of aryl methyl sites for hydroxylation is 1. The van der Waals surface area contributed by atoms with Crippen molar-refractivity contribution >= 4 is 17.5 Å². The minimum Gasteiger partial charge on any atom is -0.385 e. The van der Waals surface area contributed by atoms with E-state index in [2.05, 4.69) is 15.6 Å². The molecule has 0 unspecified atom stereocenters. The average Bonchev–Trinajstić information content (AvgIpc) is 2.60. The van der Waals surface area contributed by atoms with E-state index < -0.39 is 0 Å². The summed E-state index contributed by atoms with van der Waals surface area (Å²) < 4.78 is 4.93. The number of benzene rings is 1. The highest BCUT2D eigenvalue weighted by Gasteiger charge is 2.11. The maximum Gasteiger partial charge on any atom is 0.257 e. The molecule has 0 saturated heterocycles. The van der Waals surface area contributed by atoms with Gasteiger partial charge in [-0.05, 0) is 31.5 Å². The van der Waals surface area contributed by atoms with Crippen LogP contribution in [0, 0.1) is 6.92 Å². The first-order chi connectivity index (χ1) is 11.6. The molecule has 6 nitrogen and oxygen atoms in total. The largest absolute Gasteiger partial charge is 0.385 e. The number of nitrogens with one attached hydrogen (secondary N) is 2. The van der Waals surface area contributed by atoms with E-state index >= 15 is 0 Å². The number of anilines is 1. The van der Waals surface area contributed by atoms with Crippen LogP contribution in [0.15, 0.2) is 42.7 Å². The van der Waals surface area contributed by atoms with Gasteiger partial charge in [0.05, 0.1) is 11.1 Å². The van der Waals surface area contributed by atoms with Gasteiger partial charge in [-0.1, -0.05) is 17.7 Å². The van der Waals surface area contributed by atoms with Crippen LogP contribution in [-0.2, 0) is 4.74 Å². The Morgan fingerprint density at radius 1 is 1.08 bits per heavy atom. The van der Waals surface area contributed by atoms with Crippen molar-refractivity contribution < 1.29 is 14.3 Å². The summed E-state index contributed by atoms with van der Waals surface area (Å²) in [4.78, 5) is 28.3. The number of amides is 2. The van der Waals surface area contributed by atoms with Crippen molar-refractivity contribution in [2.75, 3.05) is 25.6 Å². The van der Waals surface area contributed by atoms with Crippen molar-refractivity contribution in [3.8, 4) is 0 Å². The van der Waals surface area contributed by atoms with Gasteiger partial charge in [-0.15, -0.1) is 0 Å². The summed E-state index contributed by atoms with van der Waals surface area (Å²) >= 11 is 0. The number of ether oxygens (including phenoxy) is 1. The normalized spacial score (nSPS) is 10.2. The lowest BCUT2D eigenvalue weighted by Gasteiger charge is -2.08. The van der Waals surface area contributed by atoms with E-state index in [-0.39, 0.29) is 11.8 Å². The van der Waals surface area contributed by atoms with Crippen LogP contribution < -0.4 is 10.6 Å². The van der Waals surface area contributed by atoms with Crippen LogP contribution in [-0.4, -0.2) is 37.1 Å². The van der Waals surface area contributed by atoms with Gasteiger partial charge in [0, 0.05) is 38.3 Å². The molecule has 0 atom stereocenters. The van der Waals surface area contributed by atoms with Crippen LogP contribution in [0.1, 0.15) is 32.7 Å². The summed E-state index contributed by atoms with van der Waals surface area (Å²) in [7, 11) is 1.61. The lowest BCUT2D eigenvalue weighted by molar-refractivity contribution is 0.0948. The van der Waals surface area contributed by atoms with Gasteiger partial charge in [-0.2, -0.15) is 0 Å². The number of nitrogens with zero attached hydrogens (tertiary/aromatic N) is 1. The minimum absolute atomic E-state index is 0.261. The van der Waals surface area contributed by atoms with Crippen molar-refractivity contribution in [1.29, 1.82) is 0 Å². The number of aromatic nitrogens is 1. The molecule has 1 aromatic carbocycles. The van der Waals surface area contributed by atoms with Crippen molar-refractivity contribution in [3.05, 3.63) is 59.4 Å². The fraction of sp³-hybridized carbons (Fsp3) is 0.278. The molecule has 1 aromatic heterocycles. The standard InChI is InChI=1S/C18H21N3O3/c1-13-4-6-16(7-5-13)21-18(23)15-10-14(11-19-12-15)17(22)20-8-3-9-24-2/h4-7,10-12H,3,8-9H2,1-2H3,(H,20,22)(H,21,23). The van der Waals surface area contributed by atoms with Crippen LogP contribution >= 0.6 is 0 Å². The van der Waals surface area contributed by atoms with E-state index in [0.29, 0.717) is 30.0 Å². The number of hydrogen-bond acceptors (Lipinski definition) is 4. The molecule has 2 amide bonds. The molecule has 6 heteroatoms. The van der Waals surface area contributed by atoms with Crippen molar-refractivity contribution in [2.24, 2.45) is 0 Å². The number of carbonyl (C=O) groups excluding carboxylic acids is 2. The quantitative estimate of drug-likeness (QED) is 0.765. The second-order valence-corrected chi connectivity index (χ2v) is 5.38. The lowest BCUT2D eigenvalue weighted by atomic mass is 10.1. The molecular weight excluding hydrogens is 306 g/mol. The van der Waals surface area contributed by atoms with Gasteiger partial charge in [-0.25, -0.2) is 0 Å². The Morgan fingerprint density at radius 3 is 2.42 bits per heavy atom. The number of rotatable bonds is 7. The maximum atomic E-state index is 12.3. The second-order valence-electron chi connectivity index (χ2n) is 5.38. The molecule has 0 aliphatic heterocycles. The van der Waals surface area contributed by atoms with Gasteiger partial charge in [0.15, 0.2) is 0 Å². The first-order valence-electron chi connectivity index (χ1n) is 7.70. The summed E-state index contributed by atoms with van der Waals surface area (Å²) in [6.45, 7) is 3.06. The highest BCUT2D eigenvalue weighted by molar-refractivity contribution is 6.05. The molecule has 126 valence electrons. The Kier molecular flexibility index (Phi) is 6.45.